The Morgan fingerprint density at radius 3 is 2.69 bits per heavy atom. The summed E-state index contributed by atoms with van der Waals surface area (Å²) in [7, 11) is 0. The van der Waals surface area contributed by atoms with E-state index >= 15 is 0 Å². The molecule has 1 atom stereocenters. The van der Waals surface area contributed by atoms with Crippen LogP contribution in [0.1, 0.15) is 25.3 Å². The first-order valence-electron chi connectivity index (χ1n) is 8.61. The Balaban J connectivity index is 1.54. The van der Waals surface area contributed by atoms with Gasteiger partial charge in [-0.05, 0) is 23.8 Å². The molecule has 26 heavy (non-hydrogen) atoms. The predicted molar refractivity (Wildman–Crippen MR) is 109 cm³/mol. The van der Waals surface area contributed by atoms with E-state index in [1.807, 2.05) is 53.4 Å². The van der Waals surface area contributed by atoms with Gasteiger partial charge >= 0.3 is 0 Å². The quantitative estimate of drug-likeness (QED) is 0.762. The van der Waals surface area contributed by atoms with Gasteiger partial charge in [0.25, 0.3) is 0 Å². The van der Waals surface area contributed by atoms with Crippen molar-refractivity contribution in [2.75, 3.05) is 11.4 Å². The van der Waals surface area contributed by atoms with Gasteiger partial charge < -0.3 is 10.2 Å². The second-order valence-electron chi connectivity index (χ2n) is 6.27. The summed E-state index contributed by atoms with van der Waals surface area (Å²) in [4.78, 5) is 27.7. The molecule has 2 aromatic rings. The molecule has 0 bridgehead atoms. The van der Waals surface area contributed by atoms with Crippen LogP contribution in [0.5, 0.6) is 0 Å². The summed E-state index contributed by atoms with van der Waals surface area (Å²) in [5.74, 6) is -0.109. The summed E-state index contributed by atoms with van der Waals surface area (Å²) in [5.41, 5.74) is 1.97. The second kappa shape index (κ2) is 8.73. The number of hydrogen-bond acceptors (Lipinski definition) is 3. The number of nitrogens with one attached hydrogen (secondary N) is 1. The summed E-state index contributed by atoms with van der Waals surface area (Å²) < 4.78 is 0.966. The molecule has 1 aliphatic heterocycles. The maximum atomic E-state index is 12.7. The molecule has 1 aliphatic rings. The van der Waals surface area contributed by atoms with Crippen LogP contribution < -0.4 is 10.2 Å². The standard InChI is InChI=1S/C20H21BrN2O2S/c1-14-13-23(17-8-4-5-9-18(17)26-14)20(25)11-10-19(24)22-12-15-6-2-3-7-16(15)21/h2-9,14H,10-13H2,1H3,(H,22,24)/t14-/m1/s1. The number of hydrogen-bond donors (Lipinski definition) is 1. The van der Waals surface area contributed by atoms with Crippen LogP contribution in [0.25, 0.3) is 0 Å². The number of thioether (sulfide) groups is 1. The van der Waals surface area contributed by atoms with Crippen LogP contribution in [0.3, 0.4) is 0 Å². The number of benzene rings is 2. The minimum absolute atomic E-state index is 0.000594. The van der Waals surface area contributed by atoms with Gasteiger partial charge in [-0.2, -0.15) is 0 Å². The molecule has 0 fully saturated rings. The summed E-state index contributed by atoms with van der Waals surface area (Å²) in [5, 5.41) is 3.23. The zero-order valence-corrected chi connectivity index (χ0v) is 17.0. The smallest absolute Gasteiger partial charge is 0.227 e. The zero-order chi connectivity index (χ0) is 18.5. The van der Waals surface area contributed by atoms with Crippen LogP contribution in [0.15, 0.2) is 57.9 Å². The van der Waals surface area contributed by atoms with Gasteiger partial charge in [0, 0.05) is 40.5 Å². The fraction of sp³-hybridized carbons (Fsp3) is 0.300. The Kier molecular flexibility index (Phi) is 6.38. The Hall–Kier alpha value is -1.79. The summed E-state index contributed by atoms with van der Waals surface area (Å²) in [6.45, 7) is 3.25. The summed E-state index contributed by atoms with van der Waals surface area (Å²) >= 11 is 5.25. The lowest BCUT2D eigenvalue weighted by molar-refractivity contribution is -0.125. The number of para-hydroxylation sites is 1. The molecule has 0 spiro atoms. The van der Waals surface area contributed by atoms with E-state index < -0.39 is 0 Å². The van der Waals surface area contributed by atoms with Crippen molar-refractivity contribution in [3.05, 3.63) is 58.6 Å². The van der Waals surface area contributed by atoms with E-state index in [4.69, 9.17) is 0 Å². The van der Waals surface area contributed by atoms with Gasteiger partial charge in [0.15, 0.2) is 0 Å². The van der Waals surface area contributed by atoms with Gasteiger partial charge in [0.1, 0.15) is 0 Å². The van der Waals surface area contributed by atoms with Crippen LogP contribution in [-0.2, 0) is 16.1 Å². The Labute approximate surface area is 166 Å². The molecule has 0 aliphatic carbocycles. The van der Waals surface area contributed by atoms with Gasteiger partial charge in [-0.15, -0.1) is 11.8 Å². The van der Waals surface area contributed by atoms with Gasteiger partial charge in [-0.3, -0.25) is 9.59 Å². The lowest BCUT2D eigenvalue weighted by atomic mass is 10.2. The van der Waals surface area contributed by atoms with E-state index in [1.165, 1.54) is 0 Å². The molecule has 0 unspecified atom stereocenters. The number of rotatable bonds is 5. The highest BCUT2D eigenvalue weighted by molar-refractivity contribution is 9.10. The SMILES string of the molecule is C[C@@H]1CN(C(=O)CCC(=O)NCc2ccccc2Br)c2ccccc2S1. The van der Waals surface area contributed by atoms with Crippen LogP contribution in [0.2, 0.25) is 0 Å². The third-order valence-corrected chi connectivity index (χ3v) is 6.15. The number of amides is 2. The number of nitrogens with zero attached hydrogens (tertiary/aromatic N) is 1. The Bertz CT molecular complexity index is 812. The van der Waals surface area contributed by atoms with E-state index in [9.17, 15) is 9.59 Å². The monoisotopic (exact) mass is 432 g/mol. The lowest BCUT2D eigenvalue weighted by Crippen LogP contribution is -2.39. The summed E-state index contributed by atoms with van der Waals surface area (Å²) in [6.07, 6.45) is 0.414. The van der Waals surface area contributed by atoms with E-state index in [2.05, 4.69) is 28.2 Å². The molecular formula is C20H21BrN2O2S. The van der Waals surface area contributed by atoms with E-state index in [0.717, 1.165) is 20.6 Å². The molecule has 3 rings (SSSR count). The first-order valence-corrected chi connectivity index (χ1v) is 10.3. The van der Waals surface area contributed by atoms with Crippen molar-refractivity contribution in [2.24, 2.45) is 0 Å². The van der Waals surface area contributed by atoms with Gasteiger partial charge in [-0.1, -0.05) is 53.2 Å². The van der Waals surface area contributed by atoms with Crippen molar-refractivity contribution in [1.82, 2.24) is 5.32 Å². The zero-order valence-electron chi connectivity index (χ0n) is 14.6. The molecule has 1 heterocycles. The van der Waals surface area contributed by atoms with Crippen LogP contribution in [0, 0.1) is 0 Å². The molecule has 4 nitrogen and oxygen atoms in total. The van der Waals surface area contributed by atoms with Crippen LogP contribution in [-0.4, -0.2) is 23.6 Å². The molecular weight excluding hydrogens is 412 g/mol. The molecule has 2 aromatic carbocycles. The average Bonchev–Trinajstić information content (AvgIpc) is 2.64. The predicted octanol–water partition coefficient (Wildman–Crippen LogP) is 4.37. The third kappa shape index (κ3) is 4.68. The van der Waals surface area contributed by atoms with Crippen molar-refractivity contribution in [1.29, 1.82) is 0 Å². The molecule has 136 valence electrons. The number of halogens is 1. The molecule has 0 aromatic heterocycles. The fourth-order valence-corrected chi connectivity index (χ4v) is 4.44. The van der Waals surface area contributed by atoms with Crippen molar-refractivity contribution < 1.29 is 9.59 Å². The maximum absolute atomic E-state index is 12.7. The number of carbonyl (C=O) groups is 2. The highest BCUT2D eigenvalue weighted by atomic mass is 79.9. The Morgan fingerprint density at radius 2 is 1.88 bits per heavy atom. The number of anilines is 1. The van der Waals surface area contributed by atoms with Crippen molar-refractivity contribution in [3.8, 4) is 0 Å². The maximum Gasteiger partial charge on any atom is 0.227 e. The highest BCUT2D eigenvalue weighted by Crippen LogP contribution is 2.38. The molecule has 0 saturated carbocycles. The number of fused-ring (bicyclic) bond motifs is 1. The van der Waals surface area contributed by atoms with Gasteiger partial charge in [0.2, 0.25) is 11.8 Å². The van der Waals surface area contributed by atoms with Gasteiger partial charge in [0.05, 0.1) is 5.69 Å². The van der Waals surface area contributed by atoms with Crippen molar-refractivity contribution in [3.63, 3.8) is 0 Å². The van der Waals surface area contributed by atoms with Crippen LogP contribution in [0.4, 0.5) is 5.69 Å². The Morgan fingerprint density at radius 1 is 1.15 bits per heavy atom. The van der Waals surface area contributed by atoms with Gasteiger partial charge in [-0.25, -0.2) is 0 Å². The third-order valence-electron chi connectivity index (χ3n) is 4.22. The van der Waals surface area contributed by atoms with E-state index in [-0.39, 0.29) is 24.7 Å². The molecule has 0 saturated heterocycles. The average molecular weight is 433 g/mol. The minimum atomic E-state index is -0.109. The fourth-order valence-electron chi connectivity index (χ4n) is 2.90. The molecule has 2 amide bonds. The van der Waals surface area contributed by atoms with Crippen molar-refractivity contribution in [2.45, 2.75) is 36.5 Å². The van der Waals surface area contributed by atoms with E-state index in [1.54, 1.807) is 11.8 Å². The van der Waals surface area contributed by atoms with Crippen LogP contribution >= 0.6 is 27.7 Å². The normalized spacial score (nSPS) is 16.1. The molecule has 1 N–H and O–H groups in total. The summed E-state index contributed by atoms with van der Waals surface area (Å²) in [6, 6.07) is 15.7. The topological polar surface area (TPSA) is 49.4 Å². The largest absolute Gasteiger partial charge is 0.352 e. The minimum Gasteiger partial charge on any atom is -0.352 e. The second-order valence-corrected chi connectivity index (χ2v) is 8.60. The lowest BCUT2D eigenvalue weighted by Gasteiger charge is -2.32. The number of carbonyl (C=O) groups excluding carboxylic acids is 2. The highest BCUT2D eigenvalue weighted by Gasteiger charge is 2.26. The molecule has 6 heteroatoms. The van der Waals surface area contributed by atoms with Crippen molar-refractivity contribution >= 4 is 45.2 Å². The van der Waals surface area contributed by atoms with E-state index in [0.29, 0.717) is 18.3 Å². The molecule has 0 radical (unpaired) electrons. The first kappa shape index (κ1) is 19.0. The first-order chi connectivity index (χ1) is 12.5.